The lowest BCUT2D eigenvalue weighted by Gasteiger charge is -2.62. The molecule has 20 unspecified atom stereocenters. The Morgan fingerprint density at radius 2 is 1.40 bits per heavy atom. The fraction of sp³-hybridized carbons (Fsp3) is 0.894. The van der Waals surface area contributed by atoms with Crippen molar-refractivity contribution < 1.29 is 79.2 Å². The Morgan fingerprint density at radius 3 is 2.06 bits per heavy atom. The molecule has 0 bridgehead atoms. The summed E-state index contributed by atoms with van der Waals surface area (Å²) in [4.78, 5) is 13.9. The van der Waals surface area contributed by atoms with Crippen molar-refractivity contribution in [3.05, 3.63) is 23.3 Å². The second-order valence-corrected chi connectivity index (χ2v) is 21.5. The number of carboxylic acid groups (broad SMARTS) is 1. The van der Waals surface area contributed by atoms with Crippen molar-refractivity contribution in [2.75, 3.05) is 19.8 Å². The third-order valence-corrected chi connectivity index (χ3v) is 17.6. The van der Waals surface area contributed by atoms with Gasteiger partial charge in [0.05, 0.1) is 31.3 Å². The lowest BCUT2D eigenvalue weighted by atomic mass is 9.43. The molecule has 0 aromatic carbocycles. The van der Waals surface area contributed by atoms with Crippen molar-refractivity contribution in [1.82, 2.24) is 0 Å². The number of aliphatic carboxylic acids is 1. The average Bonchev–Trinajstić information content (AvgIpc) is 3.57. The van der Waals surface area contributed by atoms with Gasteiger partial charge in [0, 0.05) is 0 Å². The molecule has 16 heteroatoms. The smallest absolute Gasteiger partial charge is 0.314 e. The molecule has 3 heterocycles. The number of carboxylic acids is 1. The Bertz CT molecular complexity index is 1690. The van der Waals surface area contributed by atoms with E-state index in [0.717, 1.165) is 44.1 Å². The molecule has 0 radical (unpaired) electrons. The molecule has 4 aliphatic carbocycles. The molecular weight excluding hydrogens is 821 g/mol. The predicted molar refractivity (Wildman–Crippen MR) is 225 cm³/mol. The van der Waals surface area contributed by atoms with Gasteiger partial charge in [0.1, 0.15) is 61.0 Å². The van der Waals surface area contributed by atoms with E-state index in [0.29, 0.717) is 43.4 Å². The van der Waals surface area contributed by atoms with E-state index in [9.17, 15) is 50.8 Å². The quantitative estimate of drug-likeness (QED) is 0.121. The van der Waals surface area contributed by atoms with Crippen LogP contribution in [0.1, 0.15) is 113 Å². The number of aliphatic hydroxyl groups is 8. The van der Waals surface area contributed by atoms with Gasteiger partial charge in [-0.25, -0.2) is 0 Å². The summed E-state index contributed by atoms with van der Waals surface area (Å²) in [5, 5.41) is 96.0. The van der Waals surface area contributed by atoms with Gasteiger partial charge in [0.2, 0.25) is 0 Å². The molecule has 5 fully saturated rings. The topological polar surface area (TPSA) is 255 Å². The van der Waals surface area contributed by atoms with Gasteiger partial charge < -0.3 is 74.4 Å². The number of carbonyl (C=O) groups is 1. The normalized spacial score (nSPS) is 48.0. The van der Waals surface area contributed by atoms with Crippen LogP contribution >= 0.6 is 0 Å². The highest BCUT2D eigenvalue weighted by molar-refractivity contribution is 5.82. The highest BCUT2D eigenvalue weighted by Crippen LogP contribution is 2.73. The van der Waals surface area contributed by atoms with E-state index in [1.807, 2.05) is 0 Å². The zero-order valence-electron chi connectivity index (χ0n) is 38.2. The van der Waals surface area contributed by atoms with Crippen molar-refractivity contribution in [2.45, 2.75) is 199 Å². The summed E-state index contributed by atoms with van der Waals surface area (Å²) < 4.78 is 36.6. The Balaban J connectivity index is 1.15. The van der Waals surface area contributed by atoms with Crippen molar-refractivity contribution in [1.29, 1.82) is 0 Å². The Hall–Kier alpha value is -1.61. The fourth-order valence-corrected chi connectivity index (χ4v) is 13.6. The van der Waals surface area contributed by atoms with Crippen LogP contribution in [0.3, 0.4) is 0 Å². The molecule has 20 atom stereocenters. The molecule has 0 aromatic rings. The van der Waals surface area contributed by atoms with Gasteiger partial charge in [-0.2, -0.15) is 0 Å². The SMILES string of the molecule is C=C(CCC(C)C1CCC2(C(=O)O)C3=C(CCC12C)C1(C)CCC(OC2OCC(O)C(OC4OCC(O)C(O)C4O)C2OC2OC(CO)C(O)C(O)C2O)C(C)(C)C1CC3)C(C)C. The molecule has 2 saturated carbocycles. The van der Waals surface area contributed by atoms with Gasteiger partial charge in [-0.1, -0.05) is 71.8 Å². The summed E-state index contributed by atoms with van der Waals surface area (Å²) in [5.74, 6) is 0.460. The van der Waals surface area contributed by atoms with Crippen LogP contribution in [0.2, 0.25) is 0 Å². The molecule has 3 aliphatic heterocycles. The van der Waals surface area contributed by atoms with Gasteiger partial charge in [-0.05, 0) is 104 Å². The Labute approximate surface area is 371 Å². The first kappa shape index (κ1) is 49.3. The highest BCUT2D eigenvalue weighted by atomic mass is 16.8. The van der Waals surface area contributed by atoms with E-state index >= 15 is 0 Å². The maximum Gasteiger partial charge on any atom is 0.314 e. The van der Waals surface area contributed by atoms with Crippen LogP contribution in [0.4, 0.5) is 0 Å². The summed E-state index contributed by atoms with van der Waals surface area (Å²) in [5.41, 5.74) is 1.56. The number of hydrogen-bond acceptors (Lipinski definition) is 15. The third-order valence-electron chi connectivity index (χ3n) is 17.6. The molecule has 16 nitrogen and oxygen atoms in total. The third kappa shape index (κ3) is 8.31. The minimum atomic E-state index is -1.82. The lowest BCUT2D eigenvalue weighted by Crippen LogP contribution is -2.65. The predicted octanol–water partition coefficient (Wildman–Crippen LogP) is 2.54. The number of fused-ring (bicyclic) bond motifs is 4. The van der Waals surface area contributed by atoms with Crippen LogP contribution in [0.25, 0.3) is 0 Å². The minimum Gasteiger partial charge on any atom is -0.481 e. The second kappa shape index (κ2) is 18.5. The number of allylic oxidation sites excluding steroid dienone is 2. The lowest BCUT2D eigenvalue weighted by molar-refractivity contribution is -0.384. The molecule has 9 N–H and O–H groups in total. The minimum absolute atomic E-state index is 0.0839. The van der Waals surface area contributed by atoms with Crippen LogP contribution in [-0.2, 0) is 33.2 Å². The van der Waals surface area contributed by atoms with Gasteiger partial charge in [-0.3, -0.25) is 4.79 Å². The van der Waals surface area contributed by atoms with Crippen LogP contribution in [-0.4, -0.2) is 158 Å². The van der Waals surface area contributed by atoms with E-state index in [1.54, 1.807) is 0 Å². The maximum absolute atomic E-state index is 13.9. The molecule has 0 aromatic heterocycles. The standard InChI is InChI=1S/C47H76O16/c1-22(2)23(3)9-10-24(4)25-14-18-47(43(56)57)27-11-12-31-44(5,6)32(15-16-45(31,7)26(27)13-17-46(25,47)8)61-42-39(63-41-37(55)35(53)34(52)30(19-48)60-41)38(29(50)21-59-42)62-40-36(54)33(51)28(49)20-58-40/h22,24-25,28-42,48-55H,3,9-21H2,1-2,4-8H3,(H,56,57). The first-order chi connectivity index (χ1) is 29.5. The van der Waals surface area contributed by atoms with Crippen molar-refractivity contribution in [3.8, 4) is 0 Å². The van der Waals surface area contributed by atoms with Crippen LogP contribution in [0.15, 0.2) is 23.3 Å². The second-order valence-electron chi connectivity index (χ2n) is 21.5. The van der Waals surface area contributed by atoms with E-state index in [-0.39, 0.29) is 30.0 Å². The summed E-state index contributed by atoms with van der Waals surface area (Å²) >= 11 is 0. The van der Waals surface area contributed by atoms with Gasteiger partial charge >= 0.3 is 5.97 Å². The molecule has 0 spiro atoms. The molecule has 63 heavy (non-hydrogen) atoms. The van der Waals surface area contributed by atoms with Gasteiger partial charge in [0.15, 0.2) is 18.9 Å². The largest absolute Gasteiger partial charge is 0.481 e. The van der Waals surface area contributed by atoms with E-state index < -0.39 is 109 Å². The Kier molecular flexibility index (Phi) is 14.5. The molecule has 0 amide bonds. The molecule has 7 rings (SSSR count). The highest BCUT2D eigenvalue weighted by Gasteiger charge is 2.68. The number of hydrogen-bond donors (Lipinski definition) is 9. The first-order valence-corrected chi connectivity index (χ1v) is 23.4. The first-order valence-electron chi connectivity index (χ1n) is 23.4. The zero-order chi connectivity index (χ0) is 46.1. The average molecular weight is 897 g/mol. The zero-order valence-corrected chi connectivity index (χ0v) is 38.2. The maximum atomic E-state index is 13.9. The van der Waals surface area contributed by atoms with Crippen molar-refractivity contribution in [2.24, 2.45) is 45.3 Å². The fourth-order valence-electron chi connectivity index (χ4n) is 13.6. The number of aliphatic hydroxyl groups excluding tert-OH is 8. The summed E-state index contributed by atoms with van der Waals surface area (Å²) in [6, 6.07) is 0. The van der Waals surface area contributed by atoms with Crippen molar-refractivity contribution >= 4 is 5.97 Å². The molecule has 7 aliphatic rings. The molecular formula is C47H76O16. The van der Waals surface area contributed by atoms with Gasteiger partial charge in [-0.15, -0.1) is 0 Å². The van der Waals surface area contributed by atoms with Crippen molar-refractivity contribution in [3.63, 3.8) is 0 Å². The van der Waals surface area contributed by atoms with Crippen LogP contribution < -0.4 is 0 Å². The summed E-state index contributed by atoms with van der Waals surface area (Å²) in [6.07, 6.45) is -12.7. The number of rotatable bonds is 13. The van der Waals surface area contributed by atoms with E-state index in [2.05, 4.69) is 55.0 Å². The van der Waals surface area contributed by atoms with Crippen LogP contribution in [0, 0.1) is 45.3 Å². The summed E-state index contributed by atoms with van der Waals surface area (Å²) in [7, 11) is 0. The van der Waals surface area contributed by atoms with Gasteiger partial charge in [0.25, 0.3) is 0 Å². The van der Waals surface area contributed by atoms with E-state index in [4.69, 9.17) is 28.4 Å². The molecule has 360 valence electrons. The Morgan fingerprint density at radius 1 is 0.746 bits per heavy atom. The summed E-state index contributed by atoms with van der Waals surface area (Å²) in [6.45, 7) is 18.4. The molecule has 3 saturated heterocycles. The monoisotopic (exact) mass is 897 g/mol. The number of ether oxygens (including phenoxy) is 6. The van der Waals surface area contributed by atoms with E-state index in [1.165, 1.54) is 11.1 Å². The van der Waals surface area contributed by atoms with Crippen LogP contribution in [0.5, 0.6) is 0 Å².